The molecule has 5 nitrogen and oxygen atoms in total. The van der Waals surface area contributed by atoms with E-state index in [1.54, 1.807) is 48.5 Å². The molecule has 0 amide bonds. The second-order valence-electron chi connectivity index (χ2n) is 7.65. The second-order valence-corrected chi connectivity index (χ2v) is 9.98. The van der Waals surface area contributed by atoms with Crippen molar-refractivity contribution >= 4 is 54.9 Å². The average molecular weight is 627 g/mol. The van der Waals surface area contributed by atoms with E-state index < -0.39 is 23.9 Å². The molecule has 2 aliphatic rings. The van der Waals surface area contributed by atoms with Gasteiger partial charge in [0.25, 0.3) is 12.9 Å². The summed E-state index contributed by atoms with van der Waals surface area (Å²) in [5.41, 5.74) is 3.13. The molecule has 0 bridgehead atoms. The number of nitrogens with two attached hydrogens (primary N) is 1. The number of ether oxygens (including phenoxy) is 2. The molecule has 184 valence electrons. The van der Waals surface area contributed by atoms with Crippen molar-refractivity contribution in [3.63, 3.8) is 0 Å². The van der Waals surface area contributed by atoms with E-state index in [2.05, 4.69) is 42.2 Å². The summed E-state index contributed by atoms with van der Waals surface area (Å²) in [5, 5.41) is 2.71. The molecule has 0 saturated carbocycles. The number of aliphatic imine (C=N–C) groups is 1. The molecule has 4 rings (SSSR count). The molecule has 2 atom stereocenters. The fourth-order valence-corrected chi connectivity index (χ4v) is 4.63. The minimum atomic E-state index is -2.67. The minimum absolute atomic E-state index is 0.0940. The third-order valence-electron chi connectivity index (χ3n) is 5.24. The maximum Gasteiger partial charge on any atom is 0.269 e. The van der Waals surface area contributed by atoms with Crippen LogP contribution in [0.1, 0.15) is 11.1 Å². The number of halogens is 6. The maximum atomic E-state index is 13.3. The van der Waals surface area contributed by atoms with Crippen molar-refractivity contribution in [1.29, 1.82) is 0 Å². The highest BCUT2D eigenvalue weighted by Gasteiger charge is 2.45. The van der Waals surface area contributed by atoms with Gasteiger partial charge in [0.15, 0.2) is 5.54 Å². The smallest absolute Gasteiger partial charge is 0.269 e. The number of morpholine rings is 1. The first-order valence-electron chi connectivity index (χ1n) is 9.98. The Kier molecular flexibility index (Phi) is 9.07. The van der Waals surface area contributed by atoms with E-state index in [4.69, 9.17) is 27.4 Å². The van der Waals surface area contributed by atoms with E-state index in [9.17, 15) is 17.6 Å². The number of nitrogens with zero attached hydrogens (tertiary/aromatic N) is 1. The predicted octanol–water partition coefficient (Wildman–Crippen LogP) is 5.15. The predicted molar refractivity (Wildman–Crippen MR) is 133 cm³/mol. The number of nitrogens with one attached hydrogen (secondary N) is 1. The highest BCUT2D eigenvalue weighted by molar-refractivity contribution is 9.10. The van der Waals surface area contributed by atoms with Crippen molar-refractivity contribution in [3.8, 4) is 0 Å². The number of hydrogen-bond donors (Lipinski definition) is 2. The van der Waals surface area contributed by atoms with Gasteiger partial charge in [-0.3, -0.25) is 4.99 Å². The topological polar surface area (TPSA) is 68.9 Å². The van der Waals surface area contributed by atoms with Gasteiger partial charge < -0.3 is 20.5 Å². The molecular formula is C22H21Br2F4N3O2S. The summed E-state index contributed by atoms with van der Waals surface area (Å²) < 4.78 is 65.0. The fraction of sp³-hybridized carbons (Fsp3) is 0.364. The summed E-state index contributed by atoms with van der Waals surface area (Å²) in [4.78, 5) is 4.23. The molecule has 2 unspecified atom stereocenters. The molecule has 2 aromatic carbocycles. The number of thiocarbonyl (C=S) groups is 1. The van der Waals surface area contributed by atoms with Crippen molar-refractivity contribution in [1.82, 2.24) is 5.32 Å². The lowest BCUT2D eigenvalue weighted by Gasteiger charge is -2.38. The first-order valence-corrected chi connectivity index (χ1v) is 12.0. The quantitative estimate of drug-likeness (QED) is 0.363. The highest BCUT2D eigenvalue weighted by atomic mass is 79.9. The van der Waals surface area contributed by atoms with E-state index in [0.29, 0.717) is 16.1 Å². The van der Waals surface area contributed by atoms with Crippen molar-refractivity contribution in [3.05, 3.63) is 68.6 Å². The lowest BCUT2D eigenvalue weighted by atomic mass is 9.90. The van der Waals surface area contributed by atoms with Gasteiger partial charge in [-0.15, -0.1) is 0 Å². The number of alkyl halides is 4. The van der Waals surface area contributed by atoms with Crippen LogP contribution in [0.3, 0.4) is 0 Å². The van der Waals surface area contributed by atoms with E-state index in [0.717, 1.165) is 8.95 Å². The molecule has 0 aliphatic carbocycles. The Morgan fingerprint density at radius 1 is 0.912 bits per heavy atom. The van der Waals surface area contributed by atoms with Crippen molar-refractivity contribution in [2.45, 2.75) is 23.9 Å². The number of hydrogen-bond acceptors (Lipinski definition) is 5. The zero-order valence-corrected chi connectivity index (χ0v) is 21.6. The van der Waals surface area contributed by atoms with Crippen LogP contribution in [0.5, 0.6) is 0 Å². The first-order chi connectivity index (χ1) is 16.1. The van der Waals surface area contributed by atoms with Crippen LogP contribution >= 0.6 is 44.1 Å². The molecule has 2 aliphatic heterocycles. The third kappa shape index (κ3) is 5.96. The van der Waals surface area contributed by atoms with E-state index in [1.165, 1.54) is 0 Å². The maximum absolute atomic E-state index is 13.3. The Morgan fingerprint density at radius 3 is 2.03 bits per heavy atom. The number of amidine groups is 1. The van der Waals surface area contributed by atoms with Gasteiger partial charge in [0.2, 0.25) is 0 Å². The van der Waals surface area contributed by atoms with Crippen molar-refractivity contribution in [2.75, 3.05) is 26.4 Å². The van der Waals surface area contributed by atoms with Crippen LogP contribution in [0.4, 0.5) is 17.6 Å². The molecule has 1 saturated heterocycles. The molecule has 2 aromatic rings. The standard InChI is InChI=1S/C11H11BrF2N2O.C11H10BrF2NOS/c12-8-3-1-2-7(4-8)11(10(13)14)6-17-5-9(15)16-11;12-8-3-1-2-7(4-8)11(10(13)14)6-16-5-9(17)15-11/h1-4,10H,5-6H2,(H2,15,16);1-4,10H,5-6H2,(H,15,17). The summed E-state index contributed by atoms with van der Waals surface area (Å²) in [6.45, 7) is 0.0311. The van der Waals surface area contributed by atoms with Gasteiger partial charge in [-0.2, -0.15) is 0 Å². The molecule has 1 fully saturated rings. The first kappa shape index (κ1) is 27.0. The molecule has 0 radical (unpaired) electrons. The van der Waals surface area contributed by atoms with Crippen LogP contribution in [-0.4, -0.2) is 50.1 Å². The average Bonchev–Trinajstić information content (AvgIpc) is 2.79. The largest absolute Gasteiger partial charge is 0.385 e. The van der Waals surface area contributed by atoms with Crippen LogP contribution in [-0.2, 0) is 20.6 Å². The highest BCUT2D eigenvalue weighted by Crippen LogP contribution is 2.36. The monoisotopic (exact) mass is 625 g/mol. The normalized spacial score (nSPS) is 24.8. The Bertz CT molecular complexity index is 1060. The Labute approximate surface area is 216 Å². The summed E-state index contributed by atoms with van der Waals surface area (Å²) >= 11 is 11.4. The third-order valence-corrected chi connectivity index (χ3v) is 6.44. The zero-order chi connectivity index (χ0) is 24.9. The van der Waals surface area contributed by atoms with Crippen LogP contribution in [0.2, 0.25) is 0 Å². The van der Waals surface area contributed by atoms with Crippen LogP contribution in [0, 0.1) is 0 Å². The number of rotatable bonds is 4. The molecule has 34 heavy (non-hydrogen) atoms. The van der Waals surface area contributed by atoms with Gasteiger partial charge in [-0.1, -0.05) is 68.3 Å². The van der Waals surface area contributed by atoms with Gasteiger partial charge >= 0.3 is 0 Å². The molecular weight excluding hydrogens is 606 g/mol. The molecule has 12 heteroatoms. The van der Waals surface area contributed by atoms with Crippen molar-refractivity contribution in [2.24, 2.45) is 10.7 Å². The fourth-order valence-electron chi connectivity index (χ4n) is 3.57. The second kappa shape index (κ2) is 11.4. The summed E-state index contributed by atoms with van der Waals surface area (Å²) in [7, 11) is 0. The van der Waals surface area contributed by atoms with Crippen LogP contribution < -0.4 is 11.1 Å². The lowest BCUT2D eigenvalue weighted by molar-refractivity contribution is -0.0303. The lowest BCUT2D eigenvalue weighted by Crippen LogP contribution is -2.58. The summed E-state index contributed by atoms with van der Waals surface area (Å²) in [5.74, 6) is 0.0940. The van der Waals surface area contributed by atoms with E-state index in [-0.39, 0.29) is 32.3 Å². The Hall–Kier alpha value is -1.60. The van der Waals surface area contributed by atoms with Crippen LogP contribution in [0.25, 0.3) is 0 Å². The molecule has 0 aromatic heterocycles. The minimum Gasteiger partial charge on any atom is -0.385 e. The Morgan fingerprint density at radius 2 is 1.50 bits per heavy atom. The molecule has 2 heterocycles. The summed E-state index contributed by atoms with van der Waals surface area (Å²) in [6, 6.07) is 13.4. The SMILES string of the molecule is FC(F)C1(c2cccc(Br)c2)COCC(=S)N1.NC1=NC(c2cccc(Br)c2)(C(F)F)COC1. The number of benzene rings is 2. The Balaban J connectivity index is 0.000000191. The van der Waals surface area contributed by atoms with Gasteiger partial charge in [0.1, 0.15) is 23.0 Å². The molecule has 3 N–H and O–H groups in total. The summed E-state index contributed by atoms with van der Waals surface area (Å²) in [6.07, 6.45) is -5.27. The molecule has 0 spiro atoms. The van der Waals surface area contributed by atoms with E-state index >= 15 is 0 Å². The van der Waals surface area contributed by atoms with Crippen LogP contribution in [0.15, 0.2) is 62.5 Å². The van der Waals surface area contributed by atoms with Gasteiger partial charge in [-0.05, 0) is 35.4 Å². The van der Waals surface area contributed by atoms with Gasteiger partial charge in [0.05, 0.1) is 19.8 Å². The van der Waals surface area contributed by atoms with Crippen molar-refractivity contribution < 1.29 is 27.0 Å². The zero-order valence-electron chi connectivity index (χ0n) is 17.6. The van der Waals surface area contributed by atoms with E-state index in [1.807, 2.05) is 0 Å². The van der Waals surface area contributed by atoms with Gasteiger partial charge in [-0.25, -0.2) is 17.6 Å². The van der Waals surface area contributed by atoms with Gasteiger partial charge in [0, 0.05) is 8.95 Å².